The maximum atomic E-state index is 11.8. The molecule has 0 aliphatic carbocycles. The number of ether oxygens (including phenoxy) is 2. The summed E-state index contributed by atoms with van der Waals surface area (Å²) in [5.74, 6) is -1.75. The Bertz CT molecular complexity index is 457. The van der Waals surface area contributed by atoms with E-state index in [0.29, 0.717) is 12.8 Å². The fourth-order valence-corrected chi connectivity index (χ4v) is 2.10. The zero-order valence-electron chi connectivity index (χ0n) is 13.4. The minimum absolute atomic E-state index is 0.00914. The molecular weight excluding hydrogens is 304 g/mol. The van der Waals surface area contributed by atoms with Gasteiger partial charge in [-0.15, -0.1) is 0 Å². The van der Waals surface area contributed by atoms with Gasteiger partial charge in [0.2, 0.25) is 0 Å². The second kappa shape index (κ2) is 9.42. The maximum Gasteiger partial charge on any atom is 0.330 e. The summed E-state index contributed by atoms with van der Waals surface area (Å²) in [7, 11) is 0. The molecule has 0 amide bonds. The molecule has 0 saturated heterocycles. The number of Topliss-reactive ketones (excluding diaryl/α,β-unsaturated/α-hetero) is 1. The number of carbonyl (C=O) groups is 3. The molecule has 0 aromatic heterocycles. The molecule has 2 N–H and O–H groups in total. The summed E-state index contributed by atoms with van der Waals surface area (Å²) in [5.41, 5.74) is 0. The number of rotatable bonds is 0. The molecule has 1 aliphatic heterocycles. The van der Waals surface area contributed by atoms with Crippen LogP contribution in [-0.2, 0) is 23.9 Å². The smallest absolute Gasteiger partial charge is 0.330 e. The highest BCUT2D eigenvalue weighted by molar-refractivity contribution is 5.87. The van der Waals surface area contributed by atoms with Crippen LogP contribution >= 0.6 is 0 Å². The van der Waals surface area contributed by atoms with Gasteiger partial charge in [-0.1, -0.05) is 0 Å². The van der Waals surface area contributed by atoms with Crippen LogP contribution < -0.4 is 0 Å². The molecule has 0 saturated carbocycles. The standard InChI is InChI=1S/C16H24O7/c1-10-3-5-12(17)6-8-15(20)22-11(2)4-7-13(18)14(19)9-16(21)23-10/h6,8,10-12,14,17,19H,3-5,7,9H2,1-2H3/t10-,11-,12-,14?/m1/s1. The lowest BCUT2D eigenvalue weighted by Crippen LogP contribution is -2.28. The van der Waals surface area contributed by atoms with Crippen LogP contribution in [-0.4, -0.2) is 52.4 Å². The van der Waals surface area contributed by atoms with E-state index in [9.17, 15) is 24.6 Å². The monoisotopic (exact) mass is 328 g/mol. The van der Waals surface area contributed by atoms with Crippen LogP contribution in [0.15, 0.2) is 12.2 Å². The minimum Gasteiger partial charge on any atom is -0.463 e. The molecule has 0 aromatic rings. The van der Waals surface area contributed by atoms with Gasteiger partial charge in [0.25, 0.3) is 0 Å². The SMILES string of the molecule is C[C@@H]1CCC(=O)C(O)CC(=O)O[C@H](C)CC[C@@H](O)C=CC(=O)O1. The summed E-state index contributed by atoms with van der Waals surface area (Å²) in [6.07, 6.45) is -0.274. The Morgan fingerprint density at radius 1 is 1.00 bits per heavy atom. The Morgan fingerprint density at radius 3 is 2.35 bits per heavy atom. The quantitative estimate of drug-likeness (QED) is 0.629. The molecule has 7 heteroatoms. The molecule has 4 atom stereocenters. The average molecular weight is 328 g/mol. The lowest BCUT2D eigenvalue weighted by Gasteiger charge is -2.17. The average Bonchev–Trinajstić information content (AvgIpc) is 2.47. The van der Waals surface area contributed by atoms with Crippen molar-refractivity contribution in [3.8, 4) is 0 Å². The number of aliphatic hydroxyl groups is 2. The van der Waals surface area contributed by atoms with Crippen LogP contribution in [0, 0.1) is 0 Å². The van der Waals surface area contributed by atoms with Crippen LogP contribution in [0.4, 0.5) is 0 Å². The Balaban J connectivity index is 2.74. The zero-order valence-corrected chi connectivity index (χ0v) is 13.4. The molecule has 23 heavy (non-hydrogen) atoms. The van der Waals surface area contributed by atoms with Crippen molar-refractivity contribution < 1.29 is 34.1 Å². The Hall–Kier alpha value is -1.73. The summed E-state index contributed by atoms with van der Waals surface area (Å²) < 4.78 is 10.1. The summed E-state index contributed by atoms with van der Waals surface area (Å²) in [4.78, 5) is 35.0. The number of carbonyl (C=O) groups excluding carboxylic acids is 3. The van der Waals surface area contributed by atoms with Gasteiger partial charge in [0.15, 0.2) is 5.78 Å². The van der Waals surface area contributed by atoms with E-state index in [1.807, 2.05) is 0 Å². The van der Waals surface area contributed by atoms with Gasteiger partial charge in [0.05, 0.1) is 24.7 Å². The van der Waals surface area contributed by atoms with Crippen LogP contribution in [0.1, 0.15) is 46.0 Å². The van der Waals surface area contributed by atoms with E-state index >= 15 is 0 Å². The second-order valence-electron chi connectivity index (χ2n) is 5.78. The van der Waals surface area contributed by atoms with Gasteiger partial charge in [-0.2, -0.15) is 0 Å². The molecule has 0 radical (unpaired) electrons. The zero-order chi connectivity index (χ0) is 17.4. The van der Waals surface area contributed by atoms with Gasteiger partial charge in [0, 0.05) is 12.5 Å². The number of aliphatic hydroxyl groups excluding tert-OH is 2. The molecule has 0 spiro atoms. The van der Waals surface area contributed by atoms with E-state index < -0.39 is 48.6 Å². The number of ketones is 1. The number of cyclic esters (lactones) is 2. The van der Waals surface area contributed by atoms with Gasteiger partial charge in [-0.05, 0) is 39.2 Å². The lowest BCUT2D eigenvalue weighted by molar-refractivity contribution is -0.153. The topological polar surface area (TPSA) is 110 Å². The van der Waals surface area contributed by atoms with Crippen LogP contribution in [0.3, 0.4) is 0 Å². The Morgan fingerprint density at radius 2 is 1.65 bits per heavy atom. The van der Waals surface area contributed by atoms with Crippen molar-refractivity contribution in [2.75, 3.05) is 0 Å². The lowest BCUT2D eigenvalue weighted by atomic mass is 10.1. The third-order valence-corrected chi connectivity index (χ3v) is 3.50. The molecule has 0 aromatic carbocycles. The number of esters is 2. The first kappa shape index (κ1) is 19.3. The summed E-state index contributed by atoms with van der Waals surface area (Å²) in [5, 5.41) is 19.5. The van der Waals surface area contributed by atoms with E-state index in [0.717, 1.165) is 6.08 Å². The maximum absolute atomic E-state index is 11.8. The third-order valence-electron chi connectivity index (χ3n) is 3.50. The third kappa shape index (κ3) is 7.90. The minimum atomic E-state index is -1.42. The Labute approximate surface area is 135 Å². The summed E-state index contributed by atoms with van der Waals surface area (Å²) >= 11 is 0. The van der Waals surface area contributed by atoms with E-state index in [1.165, 1.54) is 6.08 Å². The van der Waals surface area contributed by atoms with Gasteiger partial charge in [0.1, 0.15) is 6.10 Å². The highest BCUT2D eigenvalue weighted by atomic mass is 16.5. The highest BCUT2D eigenvalue weighted by Crippen LogP contribution is 2.11. The van der Waals surface area contributed by atoms with Crippen molar-refractivity contribution >= 4 is 17.7 Å². The predicted octanol–water partition coefficient (Wildman–Crippen LogP) is 0.661. The van der Waals surface area contributed by atoms with Crippen molar-refractivity contribution in [3.63, 3.8) is 0 Å². The second-order valence-corrected chi connectivity index (χ2v) is 5.78. The molecule has 1 unspecified atom stereocenters. The number of hydrogen-bond donors (Lipinski definition) is 2. The largest absolute Gasteiger partial charge is 0.463 e. The van der Waals surface area contributed by atoms with Crippen LogP contribution in [0.2, 0.25) is 0 Å². The fourth-order valence-electron chi connectivity index (χ4n) is 2.10. The summed E-state index contributed by atoms with van der Waals surface area (Å²) in [6, 6.07) is 0. The van der Waals surface area contributed by atoms with Crippen molar-refractivity contribution in [2.45, 2.75) is 70.4 Å². The molecule has 7 nitrogen and oxygen atoms in total. The van der Waals surface area contributed by atoms with E-state index in [4.69, 9.17) is 9.47 Å². The van der Waals surface area contributed by atoms with Gasteiger partial charge >= 0.3 is 11.9 Å². The van der Waals surface area contributed by atoms with Crippen LogP contribution in [0.25, 0.3) is 0 Å². The molecule has 130 valence electrons. The van der Waals surface area contributed by atoms with E-state index in [2.05, 4.69) is 0 Å². The molecular formula is C16H24O7. The fraction of sp³-hybridized carbons (Fsp3) is 0.688. The van der Waals surface area contributed by atoms with Gasteiger partial charge in [-0.25, -0.2) is 4.79 Å². The van der Waals surface area contributed by atoms with Gasteiger partial charge < -0.3 is 19.7 Å². The molecule has 1 rings (SSSR count). The number of hydrogen-bond acceptors (Lipinski definition) is 7. The molecule has 1 heterocycles. The molecule has 0 bridgehead atoms. The predicted molar refractivity (Wildman–Crippen MR) is 80.4 cm³/mol. The van der Waals surface area contributed by atoms with Crippen molar-refractivity contribution in [1.82, 2.24) is 0 Å². The Kier molecular flexibility index (Phi) is 7.91. The first-order valence-electron chi connectivity index (χ1n) is 7.75. The molecule has 1 aliphatic rings. The van der Waals surface area contributed by atoms with Gasteiger partial charge in [-0.3, -0.25) is 9.59 Å². The summed E-state index contributed by atoms with van der Waals surface area (Å²) in [6.45, 7) is 3.28. The van der Waals surface area contributed by atoms with Crippen molar-refractivity contribution in [3.05, 3.63) is 12.2 Å². The highest BCUT2D eigenvalue weighted by Gasteiger charge is 2.22. The first-order valence-corrected chi connectivity index (χ1v) is 7.75. The van der Waals surface area contributed by atoms with Crippen LogP contribution in [0.5, 0.6) is 0 Å². The first-order chi connectivity index (χ1) is 10.8. The van der Waals surface area contributed by atoms with E-state index in [-0.39, 0.29) is 12.8 Å². The van der Waals surface area contributed by atoms with Crippen molar-refractivity contribution in [2.24, 2.45) is 0 Å². The van der Waals surface area contributed by atoms with Crippen molar-refractivity contribution in [1.29, 1.82) is 0 Å². The normalized spacial score (nSPS) is 32.3. The molecule has 0 fully saturated rings. The van der Waals surface area contributed by atoms with E-state index in [1.54, 1.807) is 13.8 Å².